The molecule has 166 valence electrons. The average molecular weight is 435 g/mol. The fourth-order valence-electron chi connectivity index (χ4n) is 3.98. The molecule has 1 aliphatic rings. The van der Waals surface area contributed by atoms with Crippen LogP contribution in [0.15, 0.2) is 59.4 Å². The van der Waals surface area contributed by atoms with Gasteiger partial charge in [0.2, 0.25) is 5.43 Å². The van der Waals surface area contributed by atoms with Crippen LogP contribution in [0.5, 0.6) is 0 Å². The molecule has 1 N–H and O–H groups in total. The van der Waals surface area contributed by atoms with Crippen LogP contribution in [0, 0.1) is 12.7 Å². The van der Waals surface area contributed by atoms with Crippen molar-refractivity contribution in [3.63, 3.8) is 0 Å². The fourth-order valence-corrected chi connectivity index (χ4v) is 3.98. The number of piperidine rings is 1. The Morgan fingerprint density at radius 2 is 1.72 bits per heavy atom. The van der Waals surface area contributed by atoms with E-state index >= 15 is 0 Å². The van der Waals surface area contributed by atoms with Gasteiger partial charge in [-0.05, 0) is 56.1 Å². The van der Waals surface area contributed by atoms with E-state index in [1.165, 1.54) is 41.6 Å². The number of nitrogens with one attached hydrogen (secondary N) is 1. The van der Waals surface area contributed by atoms with Gasteiger partial charge in [0.05, 0.1) is 0 Å². The number of benzene rings is 2. The van der Waals surface area contributed by atoms with E-state index in [1.54, 1.807) is 25.1 Å². The molecule has 1 aliphatic heterocycles. The van der Waals surface area contributed by atoms with E-state index in [0.29, 0.717) is 5.69 Å². The molecule has 1 amide bonds. The van der Waals surface area contributed by atoms with Crippen molar-refractivity contribution in [1.29, 1.82) is 0 Å². The van der Waals surface area contributed by atoms with E-state index in [-0.39, 0.29) is 17.9 Å². The normalized spacial score (nSPS) is 14.3. The minimum absolute atomic E-state index is 0.184. The van der Waals surface area contributed by atoms with Gasteiger partial charge in [0.15, 0.2) is 5.69 Å². The Labute approximate surface area is 186 Å². The van der Waals surface area contributed by atoms with Crippen molar-refractivity contribution in [3.8, 4) is 5.69 Å². The van der Waals surface area contributed by atoms with Crippen LogP contribution in [0.3, 0.4) is 0 Å². The number of rotatable bonds is 6. The average Bonchev–Trinajstić information content (AvgIpc) is 2.80. The third-order valence-corrected chi connectivity index (χ3v) is 5.73. The van der Waals surface area contributed by atoms with Gasteiger partial charge in [-0.3, -0.25) is 14.5 Å². The summed E-state index contributed by atoms with van der Waals surface area (Å²) in [6.07, 6.45) is 3.84. The molecule has 0 radical (unpaired) electrons. The summed E-state index contributed by atoms with van der Waals surface area (Å²) in [5.41, 5.74) is 2.05. The summed E-state index contributed by atoms with van der Waals surface area (Å²) in [4.78, 5) is 27.5. The molecule has 0 atom stereocenters. The smallest absolute Gasteiger partial charge is 0.276 e. The van der Waals surface area contributed by atoms with Gasteiger partial charge in [0, 0.05) is 24.8 Å². The largest absolute Gasteiger partial charge is 0.346 e. The van der Waals surface area contributed by atoms with Gasteiger partial charge in [-0.25, -0.2) is 9.07 Å². The van der Waals surface area contributed by atoms with E-state index in [9.17, 15) is 14.0 Å². The van der Waals surface area contributed by atoms with E-state index < -0.39 is 17.2 Å². The van der Waals surface area contributed by atoms with Crippen molar-refractivity contribution < 1.29 is 9.18 Å². The molecule has 7 heteroatoms. The van der Waals surface area contributed by atoms with Gasteiger partial charge in [0.25, 0.3) is 5.91 Å². The highest BCUT2D eigenvalue weighted by Gasteiger charge is 2.16. The Hall–Kier alpha value is -3.32. The summed E-state index contributed by atoms with van der Waals surface area (Å²) in [5, 5.41) is 6.89. The number of aryl methyl sites for hydroxylation is 1. The number of carbonyl (C=O) groups is 1. The van der Waals surface area contributed by atoms with Crippen LogP contribution in [0.2, 0.25) is 0 Å². The van der Waals surface area contributed by atoms with Crippen LogP contribution in [-0.4, -0.2) is 33.7 Å². The number of para-hydroxylation sites is 1. The summed E-state index contributed by atoms with van der Waals surface area (Å²) >= 11 is 0. The number of nitrogens with zero attached hydrogens (tertiary/aromatic N) is 3. The molecular formula is C25H27FN4O2. The first-order valence-electron chi connectivity index (χ1n) is 11.0. The fraction of sp³-hybridized carbons (Fsp3) is 0.320. The molecule has 2 aromatic carbocycles. The van der Waals surface area contributed by atoms with Crippen LogP contribution in [-0.2, 0) is 13.1 Å². The van der Waals surface area contributed by atoms with Crippen LogP contribution >= 0.6 is 0 Å². The number of carbonyl (C=O) groups excluding carboxylic acids is 1. The van der Waals surface area contributed by atoms with E-state index in [0.717, 1.165) is 25.2 Å². The summed E-state index contributed by atoms with van der Waals surface area (Å²) in [6, 6.07) is 15.5. The number of hydrogen-bond acceptors (Lipinski definition) is 4. The van der Waals surface area contributed by atoms with Crippen LogP contribution in [0.25, 0.3) is 5.69 Å². The lowest BCUT2D eigenvalue weighted by atomic mass is 10.1. The predicted molar refractivity (Wildman–Crippen MR) is 121 cm³/mol. The molecule has 1 aromatic heterocycles. The maximum atomic E-state index is 14.2. The number of amides is 1. The van der Waals surface area contributed by atoms with Gasteiger partial charge in [-0.2, -0.15) is 5.10 Å². The molecule has 3 aromatic rings. The zero-order valence-corrected chi connectivity index (χ0v) is 18.2. The molecule has 0 bridgehead atoms. The second kappa shape index (κ2) is 9.87. The Morgan fingerprint density at radius 1 is 1.03 bits per heavy atom. The molecule has 0 unspecified atom stereocenters. The number of aromatic nitrogens is 2. The zero-order chi connectivity index (χ0) is 22.5. The van der Waals surface area contributed by atoms with Gasteiger partial charge in [-0.1, -0.05) is 42.8 Å². The molecule has 1 saturated heterocycles. The maximum absolute atomic E-state index is 14.2. The van der Waals surface area contributed by atoms with Gasteiger partial charge >= 0.3 is 0 Å². The Kier molecular flexibility index (Phi) is 6.75. The summed E-state index contributed by atoms with van der Waals surface area (Å²) in [7, 11) is 0. The second-order valence-electron chi connectivity index (χ2n) is 8.20. The Morgan fingerprint density at radius 3 is 2.44 bits per heavy atom. The SMILES string of the molecule is Cc1cc(=O)c(C(=O)NCc2ccc(CN3CCCCC3)cc2)nn1-c1ccccc1F. The van der Waals surface area contributed by atoms with Gasteiger partial charge in [-0.15, -0.1) is 0 Å². The quantitative estimate of drug-likeness (QED) is 0.644. The molecule has 6 nitrogen and oxygen atoms in total. The van der Waals surface area contributed by atoms with Crippen molar-refractivity contribution in [2.75, 3.05) is 13.1 Å². The van der Waals surface area contributed by atoms with E-state index in [2.05, 4.69) is 27.4 Å². The molecule has 0 aliphatic carbocycles. The lowest BCUT2D eigenvalue weighted by Gasteiger charge is -2.26. The molecule has 1 fully saturated rings. The highest BCUT2D eigenvalue weighted by atomic mass is 19.1. The molecule has 32 heavy (non-hydrogen) atoms. The zero-order valence-electron chi connectivity index (χ0n) is 18.2. The molecule has 2 heterocycles. The highest BCUT2D eigenvalue weighted by molar-refractivity contribution is 5.92. The standard InChI is InChI=1S/C25H27FN4O2/c1-18-15-23(31)24(28-30(18)22-8-4-3-7-21(22)26)25(32)27-16-19-9-11-20(12-10-19)17-29-13-5-2-6-14-29/h3-4,7-12,15H,2,5-6,13-14,16-17H2,1H3,(H,27,32). The molecule has 4 rings (SSSR count). The first kappa shape index (κ1) is 21.9. The summed E-state index contributed by atoms with van der Waals surface area (Å²) in [6.45, 7) is 5.15. The number of hydrogen-bond donors (Lipinski definition) is 1. The van der Waals surface area contributed by atoms with E-state index in [1.807, 2.05) is 12.1 Å². The highest BCUT2D eigenvalue weighted by Crippen LogP contribution is 2.15. The van der Waals surface area contributed by atoms with Gasteiger partial charge < -0.3 is 5.32 Å². The van der Waals surface area contributed by atoms with Crippen molar-refractivity contribution in [3.05, 3.63) is 93.2 Å². The maximum Gasteiger partial charge on any atom is 0.276 e. The van der Waals surface area contributed by atoms with E-state index in [4.69, 9.17) is 0 Å². The second-order valence-corrected chi connectivity index (χ2v) is 8.20. The van der Waals surface area contributed by atoms with Crippen molar-refractivity contribution >= 4 is 5.91 Å². The molecular weight excluding hydrogens is 407 g/mol. The van der Waals surface area contributed by atoms with Crippen molar-refractivity contribution in [1.82, 2.24) is 20.0 Å². The third-order valence-electron chi connectivity index (χ3n) is 5.73. The predicted octanol–water partition coefficient (Wildman–Crippen LogP) is 3.60. The van der Waals surface area contributed by atoms with Crippen molar-refractivity contribution in [2.45, 2.75) is 39.3 Å². The Balaban J connectivity index is 1.43. The third kappa shape index (κ3) is 5.11. The minimum Gasteiger partial charge on any atom is -0.346 e. The van der Waals surface area contributed by atoms with Crippen LogP contribution in [0.1, 0.15) is 46.6 Å². The van der Waals surface area contributed by atoms with Crippen LogP contribution in [0.4, 0.5) is 4.39 Å². The first-order chi connectivity index (χ1) is 15.5. The Bertz CT molecular complexity index is 1150. The number of likely N-dealkylation sites (tertiary alicyclic amines) is 1. The summed E-state index contributed by atoms with van der Waals surface area (Å²) in [5.74, 6) is -1.07. The minimum atomic E-state index is -0.586. The molecule has 0 saturated carbocycles. The van der Waals surface area contributed by atoms with Gasteiger partial charge in [0.1, 0.15) is 11.5 Å². The van der Waals surface area contributed by atoms with Crippen LogP contribution < -0.4 is 10.7 Å². The first-order valence-corrected chi connectivity index (χ1v) is 11.0. The number of halogens is 1. The lowest BCUT2D eigenvalue weighted by molar-refractivity contribution is 0.0943. The van der Waals surface area contributed by atoms with Crippen molar-refractivity contribution in [2.24, 2.45) is 0 Å². The summed E-state index contributed by atoms with van der Waals surface area (Å²) < 4.78 is 15.5. The molecule has 0 spiro atoms. The monoisotopic (exact) mass is 434 g/mol. The lowest BCUT2D eigenvalue weighted by Crippen LogP contribution is -2.31. The topological polar surface area (TPSA) is 67.2 Å².